The fraction of sp³-hybridized carbons (Fsp3) is 0.615. The molecule has 0 amide bonds. The van der Waals surface area contributed by atoms with Gasteiger partial charge >= 0.3 is 0 Å². The number of rotatable bonds is 2. The fourth-order valence-corrected chi connectivity index (χ4v) is 2.40. The third-order valence-corrected chi connectivity index (χ3v) is 3.01. The minimum atomic E-state index is 0.149. The van der Waals surface area contributed by atoms with Gasteiger partial charge in [-0.3, -0.25) is 4.79 Å². The second kappa shape index (κ2) is 4.59. The van der Waals surface area contributed by atoms with Gasteiger partial charge in [-0.25, -0.2) is 0 Å². The molecule has 0 aromatic rings. The van der Waals surface area contributed by atoms with Crippen molar-refractivity contribution in [3.63, 3.8) is 0 Å². The lowest BCUT2D eigenvalue weighted by molar-refractivity contribution is -0.112. The molecule has 0 unspecified atom stereocenters. The maximum Gasteiger partial charge on any atom is 0.152 e. The van der Waals surface area contributed by atoms with Crippen molar-refractivity contribution in [1.82, 2.24) is 0 Å². The summed E-state index contributed by atoms with van der Waals surface area (Å²) >= 11 is 0. The maximum atomic E-state index is 10.9. The second-order valence-corrected chi connectivity index (χ2v) is 4.60. The van der Waals surface area contributed by atoms with Crippen LogP contribution in [0.5, 0.6) is 0 Å². The minimum absolute atomic E-state index is 0.149. The highest BCUT2D eigenvalue weighted by atomic mass is 16.1. The SMILES string of the molecule is CC(=O)/C=C\[C@@H]1[C@H](C)C=C(C)C[C@H]1C. The van der Waals surface area contributed by atoms with Crippen molar-refractivity contribution in [2.24, 2.45) is 17.8 Å². The van der Waals surface area contributed by atoms with E-state index in [1.807, 2.05) is 0 Å². The van der Waals surface area contributed by atoms with Crippen molar-refractivity contribution < 1.29 is 4.79 Å². The van der Waals surface area contributed by atoms with E-state index in [9.17, 15) is 4.79 Å². The zero-order chi connectivity index (χ0) is 10.7. The van der Waals surface area contributed by atoms with Crippen LogP contribution in [0.2, 0.25) is 0 Å². The molecule has 0 spiro atoms. The van der Waals surface area contributed by atoms with Gasteiger partial charge in [0.25, 0.3) is 0 Å². The van der Waals surface area contributed by atoms with Gasteiger partial charge in [-0.2, -0.15) is 0 Å². The molecule has 0 N–H and O–H groups in total. The van der Waals surface area contributed by atoms with Crippen molar-refractivity contribution in [2.75, 3.05) is 0 Å². The van der Waals surface area contributed by atoms with Crippen LogP contribution >= 0.6 is 0 Å². The minimum Gasteiger partial charge on any atom is -0.295 e. The molecule has 0 heterocycles. The Hall–Kier alpha value is -0.850. The highest BCUT2D eigenvalue weighted by Crippen LogP contribution is 2.34. The highest BCUT2D eigenvalue weighted by Gasteiger charge is 2.24. The van der Waals surface area contributed by atoms with Crippen molar-refractivity contribution in [1.29, 1.82) is 0 Å². The zero-order valence-electron chi connectivity index (χ0n) is 9.58. The fourth-order valence-electron chi connectivity index (χ4n) is 2.40. The van der Waals surface area contributed by atoms with Crippen LogP contribution < -0.4 is 0 Å². The Labute approximate surface area is 86.9 Å². The van der Waals surface area contributed by atoms with Crippen molar-refractivity contribution in [2.45, 2.75) is 34.1 Å². The van der Waals surface area contributed by atoms with Crippen molar-refractivity contribution >= 4 is 5.78 Å². The molecular formula is C13H20O. The summed E-state index contributed by atoms with van der Waals surface area (Å²) in [7, 11) is 0. The average Bonchev–Trinajstić information content (AvgIpc) is 2.01. The summed E-state index contributed by atoms with van der Waals surface area (Å²) in [5.41, 5.74) is 1.48. The molecule has 1 aliphatic rings. The first kappa shape index (κ1) is 11.2. The molecule has 0 aromatic carbocycles. The summed E-state index contributed by atoms with van der Waals surface area (Å²) in [5.74, 6) is 1.90. The topological polar surface area (TPSA) is 17.1 Å². The Morgan fingerprint density at radius 1 is 1.50 bits per heavy atom. The Morgan fingerprint density at radius 2 is 2.14 bits per heavy atom. The largest absolute Gasteiger partial charge is 0.295 e. The molecule has 0 bridgehead atoms. The van der Waals surface area contributed by atoms with Gasteiger partial charge in [0.1, 0.15) is 0 Å². The van der Waals surface area contributed by atoms with E-state index >= 15 is 0 Å². The van der Waals surface area contributed by atoms with Crippen molar-refractivity contribution in [3.05, 3.63) is 23.8 Å². The molecule has 0 aliphatic heterocycles. The standard InChI is InChI=1S/C13H20O/c1-9-7-10(2)13(11(3)8-9)6-5-12(4)14/h5-7,10-11,13H,8H2,1-4H3/b6-5-/t10-,11-,13-/m1/s1. The summed E-state index contributed by atoms with van der Waals surface area (Å²) in [4.78, 5) is 10.9. The van der Waals surface area contributed by atoms with Gasteiger partial charge in [-0.1, -0.05) is 31.6 Å². The Morgan fingerprint density at radius 3 is 2.64 bits per heavy atom. The lowest BCUT2D eigenvalue weighted by atomic mass is 9.75. The van der Waals surface area contributed by atoms with E-state index in [4.69, 9.17) is 0 Å². The Bertz CT molecular complexity index is 273. The highest BCUT2D eigenvalue weighted by molar-refractivity contribution is 5.87. The Kier molecular flexibility index (Phi) is 3.68. The van der Waals surface area contributed by atoms with Crippen LogP contribution in [0, 0.1) is 17.8 Å². The Balaban J connectivity index is 2.74. The average molecular weight is 192 g/mol. The molecule has 0 saturated carbocycles. The van der Waals surface area contributed by atoms with E-state index in [-0.39, 0.29) is 5.78 Å². The molecule has 1 heteroatoms. The van der Waals surface area contributed by atoms with E-state index in [1.54, 1.807) is 13.0 Å². The molecule has 1 rings (SSSR count). The molecule has 0 fully saturated rings. The van der Waals surface area contributed by atoms with E-state index < -0.39 is 0 Å². The van der Waals surface area contributed by atoms with E-state index in [0.29, 0.717) is 17.8 Å². The summed E-state index contributed by atoms with van der Waals surface area (Å²) in [6.45, 7) is 8.30. The number of hydrogen-bond donors (Lipinski definition) is 0. The number of ketones is 1. The van der Waals surface area contributed by atoms with Crippen LogP contribution in [0.1, 0.15) is 34.1 Å². The predicted octanol–water partition coefficient (Wildman–Crippen LogP) is 3.37. The third kappa shape index (κ3) is 2.83. The molecule has 0 saturated heterocycles. The number of carbonyl (C=O) groups excluding carboxylic acids is 1. The number of carbonyl (C=O) groups is 1. The van der Waals surface area contributed by atoms with Gasteiger partial charge in [0.15, 0.2) is 5.78 Å². The van der Waals surface area contributed by atoms with Gasteiger partial charge in [-0.15, -0.1) is 0 Å². The summed E-state index contributed by atoms with van der Waals surface area (Å²) in [5, 5.41) is 0. The molecule has 0 aromatic heterocycles. The molecular weight excluding hydrogens is 172 g/mol. The van der Waals surface area contributed by atoms with Crippen LogP contribution in [0.25, 0.3) is 0 Å². The second-order valence-electron chi connectivity index (χ2n) is 4.60. The van der Waals surface area contributed by atoms with Gasteiger partial charge < -0.3 is 0 Å². The predicted molar refractivity (Wildman–Crippen MR) is 60.0 cm³/mol. The van der Waals surface area contributed by atoms with Gasteiger partial charge in [0, 0.05) is 0 Å². The molecule has 14 heavy (non-hydrogen) atoms. The molecule has 1 nitrogen and oxygen atoms in total. The van der Waals surface area contributed by atoms with E-state index in [1.165, 1.54) is 5.57 Å². The maximum absolute atomic E-state index is 10.9. The van der Waals surface area contributed by atoms with E-state index in [0.717, 1.165) is 6.42 Å². The number of hydrogen-bond acceptors (Lipinski definition) is 1. The third-order valence-electron chi connectivity index (χ3n) is 3.01. The summed E-state index contributed by atoms with van der Waals surface area (Å²) < 4.78 is 0. The van der Waals surface area contributed by atoms with Crippen LogP contribution in [0.15, 0.2) is 23.8 Å². The summed E-state index contributed by atoms with van der Waals surface area (Å²) in [6, 6.07) is 0. The first-order chi connectivity index (χ1) is 6.50. The van der Waals surface area contributed by atoms with Gasteiger partial charge in [-0.05, 0) is 44.1 Å². The monoisotopic (exact) mass is 192 g/mol. The summed E-state index contributed by atoms with van der Waals surface area (Å²) in [6.07, 6.45) is 7.29. The smallest absolute Gasteiger partial charge is 0.152 e. The van der Waals surface area contributed by atoms with Gasteiger partial charge in [0.2, 0.25) is 0 Å². The normalized spacial score (nSPS) is 33.1. The van der Waals surface area contributed by atoms with Crippen LogP contribution in [0.4, 0.5) is 0 Å². The lowest BCUT2D eigenvalue weighted by Gasteiger charge is -2.30. The van der Waals surface area contributed by atoms with Crippen molar-refractivity contribution in [3.8, 4) is 0 Å². The van der Waals surface area contributed by atoms with Crippen LogP contribution in [-0.4, -0.2) is 5.78 Å². The first-order valence-corrected chi connectivity index (χ1v) is 5.36. The van der Waals surface area contributed by atoms with Gasteiger partial charge in [0.05, 0.1) is 0 Å². The lowest BCUT2D eigenvalue weighted by Crippen LogP contribution is -2.21. The van der Waals surface area contributed by atoms with Crippen LogP contribution in [0.3, 0.4) is 0 Å². The molecule has 0 radical (unpaired) electrons. The zero-order valence-corrected chi connectivity index (χ0v) is 9.58. The molecule has 3 atom stereocenters. The number of allylic oxidation sites excluding steroid dienone is 4. The van der Waals surface area contributed by atoms with Crippen LogP contribution in [-0.2, 0) is 4.79 Å². The molecule has 1 aliphatic carbocycles. The van der Waals surface area contributed by atoms with E-state index in [2.05, 4.69) is 32.9 Å². The molecule has 78 valence electrons. The first-order valence-electron chi connectivity index (χ1n) is 5.36. The quantitative estimate of drug-likeness (QED) is 0.484.